The molecule has 5 heteroatoms. The Morgan fingerprint density at radius 3 is 3.06 bits per heavy atom. The van der Waals surface area contributed by atoms with E-state index in [1.165, 1.54) is 10.6 Å². The molecule has 0 bridgehead atoms. The molecule has 1 N–H and O–H groups in total. The van der Waals surface area contributed by atoms with Crippen molar-refractivity contribution in [2.45, 2.75) is 24.8 Å². The quantitative estimate of drug-likeness (QED) is 0.886. The molecule has 1 aromatic rings. The number of nitrogens with one attached hydrogen (secondary N) is 1. The van der Waals surface area contributed by atoms with E-state index < -0.39 is 0 Å². The van der Waals surface area contributed by atoms with Gasteiger partial charge in [-0.15, -0.1) is 11.3 Å². The second-order valence-electron chi connectivity index (χ2n) is 4.28. The van der Waals surface area contributed by atoms with Crippen LogP contribution < -0.4 is 5.32 Å². The van der Waals surface area contributed by atoms with Crippen LogP contribution in [0.15, 0.2) is 5.51 Å². The summed E-state index contributed by atoms with van der Waals surface area (Å²) < 4.78 is 0. The van der Waals surface area contributed by atoms with Gasteiger partial charge in [0, 0.05) is 35.8 Å². The maximum Gasteiger partial charge on any atom is 0.0798 e. The van der Waals surface area contributed by atoms with Crippen molar-refractivity contribution in [2.75, 3.05) is 26.4 Å². The van der Waals surface area contributed by atoms with E-state index >= 15 is 0 Å². The zero-order chi connectivity index (χ0) is 11.5. The van der Waals surface area contributed by atoms with Gasteiger partial charge in [0.05, 0.1) is 11.2 Å². The summed E-state index contributed by atoms with van der Waals surface area (Å²) in [4.78, 5) is 8.16. The highest BCUT2D eigenvalue weighted by Crippen LogP contribution is 2.22. The van der Waals surface area contributed by atoms with Gasteiger partial charge in [0.1, 0.15) is 0 Å². The number of hydrogen-bond donors (Lipinski definition) is 1. The van der Waals surface area contributed by atoms with Gasteiger partial charge in [-0.2, -0.15) is 11.8 Å². The highest BCUT2D eigenvalue weighted by atomic mass is 32.2. The second-order valence-corrected chi connectivity index (χ2v) is 6.29. The zero-order valence-corrected chi connectivity index (χ0v) is 11.7. The first-order valence-corrected chi connectivity index (χ1v) is 7.72. The lowest BCUT2D eigenvalue weighted by Crippen LogP contribution is -2.38. The zero-order valence-electron chi connectivity index (χ0n) is 10.1. The average Bonchev–Trinajstić information content (AvgIpc) is 2.87. The molecule has 1 aliphatic heterocycles. The Bertz CT molecular complexity index is 340. The van der Waals surface area contributed by atoms with E-state index in [1.807, 2.05) is 17.3 Å². The predicted molar refractivity (Wildman–Crippen MR) is 72.3 cm³/mol. The molecule has 0 radical (unpaired) electrons. The predicted octanol–water partition coefficient (Wildman–Crippen LogP) is 1.59. The minimum Gasteiger partial charge on any atom is -0.314 e. The van der Waals surface area contributed by atoms with Crippen molar-refractivity contribution in [3.63, 3.8) is 0 Å². The summed E-state index contributed by atoms with van der Waals surface area (Å²) in [5, 5.41) is 4.19. The van der Waals surface area contributed by atoms with Crippen molar-refractivity contribution in [1.82, 2.24) is 15.2 Å². The van der Waals surface area contributed by atoms with Gasteiger partial charge >= 0.3 is 0 Å². The van der Waals surface area contributed by atoms with Gasteiger partial charge < -0.3 is 5.32 Å². The molecular weight excluding hydrogens is 238 g/mol. The van der Waals surface area contributed by atoms with Crippen molar-refractivity contribution in [2.24, 2.45) is 0 Å². The maximum atomic E-state index is 4.31. The molecule has 2 heterocycles. The molecular formula is C11H19N3S2. The summed E-state index contributed by atoms with van der Waals surface area (Å²) >= 11 is 3.73. The van der Waals surface area contributed by atoms with Crippen LogP contribution in [0.25, 0.3) is 0 Å². The first-order chi connectivity index (χ1) is 7.72. The smallest absolute Gasteiger partial charge is 0.0798 e. The summed E-state index contributed by atoms with van der Waals surface area (Å²) in [7, 11) is 2.22. The third kappa shape index (κ3) is 2.59. The minimum atomic E-state index is 0.650. The summed E-state index contributed by atoms with van der Waals surface area (Å²) in [5.41, 5.74) is 3.13. The van der Waals surface area contributed by atoms with Gasteiger partial charge in [0.25, 0.3) is 0 Å². The fourth-order valence-electron chi connectivity index (χ4n) is 2.14. The number of aromatic nitrogens is 1. The van der Waals surface area contributed by atoms with E-state index in [2.05, 4.69) is 35.4 Å². The van der Waals surface area contributed by atoms with Crippen molar-refractivity contribution in [3.8, 4) is 0 Å². The summed E-state index contributed by atoms with van der Waals surface area (Å²) in [5.74, 6) is 0. The normalized spacial score (nSPS) is 25.5. The Balaban J connectivity index is 1.97. The van der Waals surface area contributed by atoms with Gasteiger partial charge in [-0.1, -0.05) is 0 Å². The Kier molecular flexibility index (Phi) is 4.24. The van der Waals surface area contributed by atoms with Crippen LogP contribution in [-0.4, -0.2) is 47.6 Å². The highest BCUT2D eigenvalue weighted by molar-refractivity contribution is 7.99. The Hall–Kier alpha value is -0.100. The summed E-state index contributed by atoms with van der Waals surface area (Å²) in [6.45, 7) is 5.37. The van der Waals surface area contributed by atoms with Gasteiger partial charge in [-0.05, 0) is 20.2 Å². The molecule has 0 aliphatic carbocycles. The van der Waals surface area contributed by atoms with E-state index in [9.17, 15) is 0 Å². The minimum absolute atomic E-state index is 0.650. The fourth-order valence-corrected chi connectivity index (χ4v) is 3.88. The number of hydrogen-bond acceptors (Lipinski definition) is 5. The molecule has 2 unspecified atom stereocenters. The number of nitrogens with zero attached hydrogens (tertiary/aromatic N) is 2. The molecule has 1 aromatic heterocycles. The van der Waals surface area contributed by atoms with Crippen molar-refractivity contribution >= 4 is 23.1 Å². The van der Waals surface area contributed by atoms with Crippen LogP contribution in [0.3, 0.4) is 0 Å². The van der Waals surface area contributed by atoms with Crippen LogP contribution in [0.2, 0.25) is 0 Å². The molecule has 1 saturated heterocycles. The Morgan fingerprint density at radius 2 is 2.44 bits per heavy atom. The van der Waals surface area contributed by atoms with Gasteiger partial charge in [0.15, 0.2) is 0 Å². The molecule has 1 fully saturated rings. The van der Waals surface area contributed by atoms with E-state index in [1.54, 1.807) is 11.3 Å². The SMILES string of the molecule is CSC1CNCC1N(C)Cc1scnc1C. The molecule has 0 aromatic carbocycles. The number of rotatable bonds is 4. The molecule has 1 aliphatic rings. The van der Waals surface area contributed by atoms with Gasteiger partial charge in [-0.25, -0.2) is 4.98 Å². The van der Waals surface area contributed by atoms with Crippen LogP contribution in [-0.2, 0) is 6.54 Å². The molecule has 3 nitrogen and oxygen atoms in total. The molecule has 2 rings (SSSR count). The van der Waals surface area contributed by atoms with Crippen LogP contribution in [0.4, 0.5) is 0 Å². The lowest BCUT2D eigenvalue weighted by Gasteiger charge is -2.27. The number of likely N-dealkylation sites (N-methyl/N-ethyl adjacent to an activating group) is 1. The maximum absolute atomic E-state index is 4.31. The van der Waals surface area contributed by atoms with Crippen LogP contribution in [0, 0.1) is 6.92 Å². The lowest BCUT2D eigenvalue weighted by molar-refractivity contribution is 0.254. The van der Waals surface area contributed by atoms with Gasteiger partial charge in [-0.3, -0.25) is 4.90 Å². The molecule has 0 amide bonds. The summed E-state index contributed by atoms with van der Waals surface area (Å²) in [6, 6.07) is 0.650. The monoisotopic (exact) mass is 257 g/mol. The van der Waals surface area contributed by atoms with Gasteiger partial charge in [0.2, 0.25) is 0 Å². The van der Waals surface area contributed by atoms with Crippen molar-refractivity contribution in [1.29, 1.82) is 0 Å². The Labute approximate surface area is 106 Å². The molecule has 0 spiro atoms. The lowest BCUT2D eigenvalue weighted by atomic mass is 10.2. The first kappa shape index (κ1) is 12.4. The number of thioether (sulfide) groups is 1. The Morgan fingerprint density at radius 1 is 1.62 bits per heavy atom. The third-order valence-corrected chi connectivity index (χ3v) is 5.24. The van der Waals surface area contributed by atoms with Crippen LogP contribution >= 0.6 is 23.1 Å². The van der Waals surface area contributed by atoms with E-state index in [0.29, 0.717) is 6.04 Å². The largest absolute Gasteiger partial charge is 0.314 e. The topological polar surface area (TPSA) is 28.2 Å². The van der Waals surface area contributed by atoms with E-state index in [-0.39, 0.29) is 0 Å². The second kappa shape index (κ2) is 5.49. The average molecular weight is 257 g/mol. The van der Waals surface area contributed by atoms with Crippen molar-refractivity contribution < 1.29 is 0 Å². The molecule has 2 atom stereocenters. The number of thiazole rings is 1. The standard InChI is InChI=1S/C11H19N3S2/c1-8-11(16-7-13-8)6-14(2)9-4-12-5-10(9)15-3/h7,9-10,12H,4-6H2,1-3H3. The highest BCUT2D eigenvalue weighted by Gasteiger charge is 2.29. The molecule has 0 saturated carbocycles. The van der Waals surface area contributed by atoms with Crippen LogP contribution in [0.1, 0.15) is 10.6 Å². The van der Waals surface area contributed by atoms with E-state index in [0.717, 1.165) is 24.9 Å². The summed E-state index contributed by atoms with van der Waals surface area (Å²) in [6.07, 6.45) is 2.20. The van der Waals surface area contributed by atoms with E-state index in [4.69, 9.17) is 0 Å². The third-order valence-electron chi connectivity index (χ3n) is 3.23. The fraction of sp³-hybridized carbons (Fsp3) is 0.727. The first-order valence-electron chi connectivity index (χ1n) is 5.55. The van der Waals surface area contributed by atoms with Crippen molar-refractivity contribution in [3.05, 3.63) is 16.1 Å². The van der Waals surface area contributed by atoms with Crippen LogP contribution in [0.5, 0.6) is 0 Å². The number of aryl methyl sites for hydroxylation is 1. The molecule has 90 valence electrons. The molecule has 16 heavy (non-hydrogen) atoms.